The van der Waals surface area contributed by atoms with E-state index in [4.69, 9.17) is 14.6 Å². The van der Waals surface area contributed by atoms with Gasteiger partial charge in [0.05, 0.1) is 16.0 Å². The Balaban J connectivity index is 0.000000540. The molecule has 192 valence electrons. The Hall–Kier alpha value is -3.26. The maximum atomic E-state index is 13.0. The standard InChI is InChI=1S/C19H19F3N2O3S.C2HF3O2/c1-23(2)11-12-27-18-8-4-7-17-16(18)9-10-24(17)28(25,26)15-6-3-5-14(13-15)19(20,21)22;3-2(4,5)1(6)7/h3-10,13H,11-12H2,1-2H3;(H,6,7). The Bertz CT molecular complexity index is 1280. The number of fused-ring (bicyclic) bond motifs is 1. The minimum Gasteiger partial charge on any atom is -0.492 e. The van der Waals surface area contributed by atoms with Crippen molar-refractivity contribution < 1.29 is 49.4 Å². The topological polar surface area (TPSA) is 88.8 Å². The third-order valence-corrected chi connectivity index (χ3v) is 6.10. The summed E-state index contributed by atoms with van der Waals surface area (Å²) in [7, 11) is -0.393. The van der Waals surface area contributed by atoms with E-state index in [0.29, 0.717) is 35.9 Å². The first-order chi connectivity index (χ1) is 16.0. The summed E-state index contributed by atoms with van der Waals surface area (Å²) in [4.78, 5) is 10.4. The molecule has 0 aliphatic heterocycles. The minimum atomic E-state index is -5.08. The van der Waals surface area contributed by atoms with Gasteiger partial charge in [0.25, 0.3) is 10.0 Å². The summed E-state index contributed by atoms with van der Waals surface area (Å²) >= 11 is 0. The van der Waals surface area contributed by atoms with Gasteiger partial charge in [-0.3, -0.25) is 0 Å². The highest BCUT2D eigenvalue weighted by Gasteiger charge is 2.38. The molecule has 2 aromatic carbocycles. The number of hydrogen-bond donors (Lipinski definition) is 1. The smallest absolute Gasteiger partial charge is 0.490 e. The molecule has 0 aliphatic carbocycles. The van der Waals surface area contributed by atoms with Gasteiger partial charge in [-0.15, -0.1) is 0 Å². The molecule has 3 aromatic rings. The number of nitrogens with zero attached hydrogens (tertiary/aromatic N) is 2. The zero-order chi connectivity index (χ0) is 26.6. The van der Waals surface area contributed by atoms with E-state index in [2.05, 4.69) is 0 Å². The van der Waals surface area contributed by atoms with Crippen LogP contribution in [0.1, 0.15) is 5.56 Å². The summed E-state index contributed by atoms with van der Waals surface area (Å²) in [5.41, 5.74) is -0.683. The van der Waals surface area contributed by atoms with Gasteiger partial charge in [-0.05, 0) is 50.5 Å². The van der Waals surface area contributed by atoms with E-state index in [1.54, 1.807) is 24.3 Å². The molecule has 0 amide bonds. The molecule has 0 saturated carbocycles. The van der Waals surface area contributed by atoms with E-state index in [0.717, 1.165) is 22.2 Å². The summed E-state index contributed by atoms with van der Waals surface area (Å²) in [5, 5.41) is 7.69. The van der Waals surface area contributed by atoms with Gasteiger partial charge in [-0.2, -0.15) is 26.3 Å². The van der Waals surface area contributed by atoms with Gasteiger partial charge in [-0.1, -0.05) is 12.1 Å². The Labute approximate surface area is 196 Å². The molecule has 0 radical (unpaired) electrons. The van der Waals surface area contributed by atoms with Crippen LogP contribution in [0.2, 0.25) is 0 Å². The second-order valence-electron chi connectivity index (χ2n) is 7.29. The highest BCUT2D eigenvalue weighted by atomic mass is 32.2. The summed E-state index contributed by atoms with van der Waals surface area (Å²) in [6.07, 6.45) is -8.39. The van der Waals surface area contributed by atoms with E-state index in [-0.39, 0.29) is 0 Å². The van der Waals surface area contributed by atoms with Crippen LogP contribution in [-0.2, 0) is 21.0 Å². The predicted octanol–water partition coefficient (Wildman–Crippen LogP) is 4.47. The van der Waals surface area contributed by atoms with Crippen LogP contribution in [0.4, 0.5) is 26.3 Å². The maximum absolute atomic E-state index is 13.0. The first kappa shape index (κ1) is 28.0. The van der Waals surface area contributed by atoms with Crippen LogP contribution in [0.5, 0.6) is 5.75 Å². The minimum absolute atomic E-state index is 0.333. The molecule has 1 aromatic heterocycles. The van der Waals surface area contributed by atoms with Gasteiger partial charge in [0, 0.05) is 18.1 Å². The molecular formula is C21H20F6N2O5S. The molecule has 14 heteroatoms. The third-order valence-electron chi connectivity index (χ3n) is 4.41. The molecular weight excluding hydrogens is 506 g/mol. The molecule has 1 N–H and O–H groups in total. The number of aliphatic carboxylic acids is 1. The fraction of sp³-hybridized carbons (Fsp3) is 0.286. The van der Waals surface area contributed by atoms with Gasteiger partial charge < -0.3 is 14.7 Å². The lowest BCUT2D eigenvalue weighted by Crippen LogP contribution is -2.21. The number of carbonyl (C=O) groups is 1. The molecule has 0 saturated heterocycles. The number of benzene rings is 2. The number of likely N-dealkylation sites (N-methyl/N-ethyl adjacent to an activating group) is 1. The lowest BCUT2D eigenvalue weighted by atomic mass is 10.2. The van der Waals surface area contributed by atoms with Crippen molar-refractivity contribution in [1.29, 1.82) is 0 Å². The number of halogens is 6. The number of aromatic nitrogens is 1. The van der Waals surface area contributed by atoms with Crippen LogP contribution in [-0.4, -0.2) is 61.8 Å². The highest BCUT2D eigenvalue weighted by Crippen LogP contribution is 2.33. The largest absolute Gasteiger partial charge is 0.492 e. The van der Waals surface area contributed by atoms with Crippen molar-refractivity contribution in [2.24, 2.45) is 0 Å². The fourth-order valence-corrected chi connectivity index (χ4v) is 4.13. The Kier molecular flexibility index (Phi) is 8.44. The van der Waals surface area contributed by atoms with Gasteiger partial charge in [0.15, 0.2) is 0 Å². The van der Waals surface area contributed by atoms with Crippen molar-refractivity contribution in [2.45, 2.75) is 17.2 Å². The second kappa shape index (κ2) is 10.6. The fourth-order valence-electron chi connectivity index (χ4n) is 2.73. The molecule has 0 unspecified atom stereocenters. The van der Waals surface area contributed by atoms with E-state index in [9.17, 15) is 34.8 Å². The highest BCUT2D eigenvalue weighted by molar-refractivity contribution is 7.90. The lowest BCUT2D eigenvalue weighted by Gasteiger charge is -2.13. The SMILES string of the molecule is CN(C)CCOc1cccc2c1ccn2S(=O)(=O)c1cccc(C(F)(F)F)c1.O=C(O)C(F)(F)F. The number of carboxylic acids is 1. The molecule has 7 nitrogen and oxygen atoms in total. The van der Waals surface area contributed by atoms with Gasteiger partial charge in [0.1, 0.15) is 12.4 Å². The number of carboxylic acid groups (broad SMARTS) is 1. The van der Waals surface area contributed by atoms with Crippen molar-refractivity contribution in [3.8, 4) is 5.75 Å². The number of rotatable bonds is 6. The van der Waals surface area contributed by atoms with Crippen LogP contribution in [0, 0.1) is 0 Å². The quantitative estimate of drug-likeness (QED) is 0.477. The number of hydrogen-bond acceptors (Lipinski definition) is 5. The van der Waals surface area contributed by atoms with Gasteiger partial charge >= 0.3 is 18.3 Å². The molecule has 0 spiro atoms. The Morgan fingerprint density at radius 2 is 1.63 bits per heavy atom. The Morgan fingerprint density at radius 3 is 2.17 bits per heavy atom. The van der Waals surface area contributed by atoms with Crippen LogP contribution in [0.3, 0.4) is 0 Å². The van der Waals surface area contributed by atoms with Gasteiger partial charge in [-0.25, -0.2) is 17.2 Å². The van der Waals surface area contributed by atoms with Crippen molar-refractivity contribution >= 4 is 26.9 Å². The van der Waals surface area contributed by atoms with Crippen LogP contribution in [0.15, 0.2) is 59.6 Å². The van der Waals surface area contributed by atoms with Crippen LogP contribution >= 0.6 is 0 Å². The van der Waals surface area contributed by atoms with E-state index in [1.807, 2.05) is 19.0 Å². The lowest BCUT2D eigenvalue weighted by molar-refractivity contribution is -0.192. The monoisotopic (exact) mass is 526 g/mol. The molecule has 0 aliphatic rings. The number of ether oxygens (including phenoxy) is 1. The predicted molar refractivity (Wildman–Crippen MR) is 114 cm³/mol. The molecule has 3 rings (SSSR count). The molecule has 1 heterocycles. The van der Waals surface area contributed by atoms with E-state index < -0.39 is 38.8 Å². The molecule has 0 bridgehead atoms. The average molecular weight is 526 g/mol. The van der Waals surface area contributed by atoms with Crippen molar-refractivity contribution in [3.63, 3.8) is 0 Å². The summed E-state index contributed by atoms with van der Waals surface area (Å²) < 4.78 is 103. The average Bonchev–Trinajstić information content (AvgIpc) is 3.19. The van der Waals surface area contributed by atoms with E-state index >= 15 is 0 Å². The summed E-state index contributed by atoms with van der Waals surface area (Å²) in [6.45, 7) is 1.09. The summed E-state index contributed by atoms with van der Waals surface area (Å²) in [6, 6.07) is 10.2. The normalized spacial score (nSPS) is 12.4. The van der Waals surface area contributed by atoms with Crippen molar-refractivity contribution in [3.05, 3.63) is 60.3 Å². The van der Waals surface area contributed by atoms with Crippen LogP contribution in [0.25, 0.3) is 10.9 Å². The zero-order valence-electron chi connectivity index (χ0n) is 18.3. The number of alkyl halides is 6. The summed E-state index contributed by atoms with van der Waals surface area (Å²) in [5.74, 6) is -2.25. The zero-order valence-corrected chi connectivity index (χ0v) is 19.1. The molecule has 0 atom stereocenters. The Morgan fingerprint density at radius 1 is 1.03 bits per heavy atom. The van der Waals surface area contributed by atoms with Crippen LogP contribution < -0.4 is 4.74 Å². The van der Waals surface area contributed by atoms with Crippen molar-refractivity contribution in [1.82, 2.24) is 8.87 Å². The molecule has 0 fully saturated rings. The maximum Gasteiger partial charge on any atom is 0.490 e. The first-order valence-electron chi connectivity index (χ1n) is 9.65. The third kappa shape index (κ3) is 7.11. The van der Waals surface area contributed by atoms with Gasteiger partial charge in [0.2, 0.25) is 0 Å². The first-order valence-corrected chi connectivity index (χ1v) is 11.1. The van der Waals surface area contributed by atoms with E-state index in [1.165, 1.54) is 6.20 Å². The van der Waals surface area contributed by atoms with Crippen molar-refractivity contribution in [2.75, 3.05) is 27.2 Å². The molecule has 35 heavy (non-hydrogen) atoms. The second-order valence-corrected chi connectivity index (χ2v) is 9.10.